The van der Waals surface area contributed by atoms with Crippen molar-refractivity contribution in [3.63, 3.8) is 0 Å². The van der Waals surface area contributed by atoms with Gasteiger partial charge in [-0.25, -0.2) is 10.3 Å². The zero-order valence-corrected chi connectivity index (χ0v) is 8.95. The molecule has 0 spiro atoms. The van der Waals surface area contributed by atoms with Gasteiger partial charge in [-0.2, -0.15) is 0 Å². The summed E-state index contributed by atoms with van der Waals surface area (Å²) in [6.07, 6.45) is 3.05. The fourth-order valence-corrected chi connectivity index (χ4v) is 1.48. The van der Waals surface area contributed by atoms with Gasteiger partial charge >= 0.3 is 6.09 Å². The van der Waals surface area contributed by atoms with Gasteiger partial charge in [0.25, 0.3) is 0 Å². The highest BCUT2D eigenvalue weighted by molar-refractivity contribution is 5.68. The van der Waals surface area contributed by atoms with Gasteiger partial charge < -0.3 is 15.5 Å². The predicted octanol–water partition coefficient (Wildman–Crippen LogP) is -0.125. The second-order valence-electron chi connectivity index (χ2n) is 3.47. The van der Waals surface area contributed by atoms with Crippen molar-refractivity contribution in [3.05, 3.63) is 0 Å². The third kappa shape index (κ3) is 5.21. The molecule has 1 heterocycles. The van der Waals surface area contributed by atoms with Gasteiger partial charge in [-0.15, -0.1) is 0 Å². The van der Waals surface area contributed by atoms with E-state index in [2.05, 4.69) is 25.9 Å². The van der Waals surface area contributed by atoms with E-state index < -0.39 is 6.09 Å². The molecule has 1 fully saturated rings. The van der Waals surface area contributed by atoms with Crippen molar-refractivity contribution < 1.29 is 9.63 Å². The first-order valence-electron chi connectivity index (χ1n) is 5.14. The standard InChI is InChI=1S/C9H18N4O2/c1-10-7-13-15-9(14)12-6-8-2-4-11-5-3-8/h7-8,11H,2-6H2,1H3,(H,10,13)(H,12,14). The average Bonchev–Trinajstić information content (AvgIpc) is 2.28. The third-order valence-electron chi connectivity index (χ3n) is 2.33. The maximum absolute atomic E-state index is 11.1. The molecule has 1 amide bonds. The van der Waals surface area contributed by atoms with Gasteiger partial charge in [0.2, 0.25) is 0 Å². The van der Waals surface area contributed by atoms with Crippen molar-refractivity contribution in [1.82, 2.24) is 16.1 Å². The smallest absolute Gasteiger partial charge is 0.323 e. The fourth-order valence-electron chi connectivity index (χ4n) is 1.48. The van der Waals surface area contributed by atoms with Crippen molar-refractivity contribution in [2.24, 2.45) is 10.9 Å². The summed E-state index contributed by atoms with van der Waals surface area (Å²) in [5, 5.41) is 5.97. The Morgan fingerprint density at radius 2 is 2.33 bits per heavy atom. The lowest BCUT2D eigenvalue weighted by Gasteiger charge is -2.22. The number of aliphatic imine (C=N–C) groups is 1. The summed E-state index contributed by atoms with van der Waals surface area (Å²) in [5.74, 6) is 0.554. The number of amides is 1. The summed E-state index contributed by atoms with van der Waals surface area (Å²) in [6.45, 7) is 2.73. The van der Waals surface area contributed by atoms with Crippen LogP contribution in [0.1, 0.15) is 12.8 Å². The molecular weight excluding hydrogens is 196 g/mol. The Balaban J connectivity index is 2.04. The Morgan fingerprint density at radius 3 is 3.00 bits per heavy atom. The van der Waals surface area contributed by atoms with E-state index in [1.54, 1.807) is 7.05 Å². The lowest BCUT2D eigenvalue weighted by molar-refractivity contribution is 0.120. The topological polar surface area (TPSA) is 74.8 Å². The monoisotopic (exact) mass is 214 g/mol. The minimum Gasteiger partial charge on any atom is -0.323 e. The predicted molar refractivity (Wildman–Crippen MR) is 57.6 cm³/mol. The Bertz CT molecular complexity index is 214. The maximum Gasteiger partial charge on any atom is 0.431 e. The number of hydroxylamine groups is 1. The molecule has 0 unspecified atom stereocenters. The van der Waals surface area contributed by atoms with Crippen LogP contribution < -0.4 is 16.1 Å². The van der Waals surface area contributed by atoms with Gasteiger partial charge in [0.05, 0.1) is 0 Å². The van der Waals surface area contributed by atoms with E-state index in [-0.39, 0.29) is 0 Å². The van der Waals surface area contributed by atoms with Crippen LogP contribution in [-0.2, 0) is 4.84 Å². The van der Waals surface area contributed by atoms with Gasteiger partial charge in [-0.3, -0.25) is 4.99 Å². The average molecular weight is 214 g/mol. The number of carbonyl (C=O) groups is 1. The first kappa shape index (κ1) is 11.8. The van der Waals surface area contributed by atoms with Gasteiger partial charge in [-0.1, -0.05) is 0 Å². The third-order valence-corrected chi connectivity index (χ3v) is 2.33. The minimum atomic E-state index is -0.464. The summed E-state index contributed by atoms with van der Waals surface area (Å²) in [4.78, 5) is 19.3. The molecule has 15 heavy (non-hydrogen) atoms. The zero-order valence-electron chi connectivity index (χ0n) is 8.95. The summed E-state index contributed by atoms with van der Waals surface area (Å²) in [7, 11) is 1.59. The molecule has 86 valence electrons. The number of hydrogen-bond acceptors (Lipinski definition) is 4. The van der Waals surface area contributed by atoms with Crippen LogP contribution in [0.3, 0.4) is 0 Å². The Hall–Kier alpha value is -1.30. The zero-order chi connectivity index (χ0) is 10.9. The summed E-state index contributed by atoms with van der Waals surface area (Å²) in [5.41, 5.74) is 2.31. The molecule has 0 bridgehead atoms. The van der Waals surface area contributed by atoms with Crippen LogP contribution in [0, 0.1) is 5.92 Å². The van der Waals surface area contributed by atoms with Crippen LogP contribution in [0.15, 0.2) is 4.99 Å². The highest BCUT2D eigenvalue weighted by Crippen LogP contribution is 2.09. The highest BCUT2D eigenvalue weighted by atomic mass is 16.7. The van der Waals surface area contributed by atoms with E-state index in [4.69, 9.17) is 0 Å². The molecule has 0 saturated carbocycles. The Kier molecular flexibility index (Phi) is 5.54. The molecule has 0 aliphatic carbocycles. The Labute approximate surface area is 89.4 Å². The maximum atomic E-state index is 11.1. The summed E-state index contributed by atoms with van der Waals surface area (Å²) >= 11 is 0. The molecule has 6 heteroatoms. The minimum absolute atomic E-state index is 0.464. The van der Waals surface area contributed by atoms with Crippen molar-refractivity contribution in [3.8, 4) is 0 Å². The van der Waals surface area contributed by atoms with E-state index in [1.807, 2.05) is 0 Å². The number of hydrogen-bond donors (Lipinski definition) is 3. The molecule has 0 radical (unpaired) electrons. The lowest BCUT2D eigenvalue weighted by Crippen LogP contribution is -2.37. The first-order chi connectivity index (χ1) is 7.33. The van der Waals surface area contributed by atoms with Crippen molar-refractivity contribution in [2.75, 3.05) is 26.7 Å². The van der Waals surface area contributed by atoms with Crippen molar-refractivity contribution >= 4 is 12.4 Å². The van der Waals surface area contributed by atoms with Crippen LogP contribution in [0.25, 0.3) is 0 Å². The fraction of sp³-hybridized carbons (Fsp3) is 0.778. The second-order valence-corrected chi connectivity index (χ2v) is 3.47. The molecule has 0 aromatic heterocycles. The summed E-state index contributed by atoms with van der Waals surface area (Å²) in [6, 6.07) is 0. The largest absolute Gasteiger partial charge is 0.431 e. The van der Waals surface area contributed by atoms with Crippen LogP contribution in [0.4, 0.5) is 4.79 Å². The molecule has 6 nitrogen and oxygen atoms in total. The first-order valence-corrected chi connectivity index (χ1v) is 5.14. The van der Waals surface area contributed by atoms with Crippen LogP contribution in [-0.4, -0.2) is 39.1 Å². The van der Waals surface area contributed by atoms with E-state index >= 15 is 0 Å². The van der Waals surface area contributed by atoms with E-state index in [0.29, 0.717) is 12.5 Å². The molecule has 1 aliphatic heterocycles. The molecule has 0 atom stereocenters. The molecule has 0 aromatic carbocycles. The molecule has 1 saturated heterocycles. The van der Waals surface area contributed by atoms with E-state index in [9.17, 15) is 4.79 Å². The lowest BCUT2D eigenvalue weighted by atomic mass is 9.98. The number of rotatable bonds is 4. The van der Waals surface area contributed by atoms with Crippen molar-refractivity contribution in [1.29, 1.82) is 0 Å². The number of piperidine rings is 1. The normalized spacial score (nSPS) is 17.7. The number of nitrogens with one attached hydrogen (secondary N) is 3. The highest BCUT2D eigenvalue weighted by Gasteiger charge is 2.13. The number of nitrogens with zero attached hydrogens (tertiary/aromatic N) is 1. The van der Waals surface area contributed by atoms with Gasteiger partial charge in [0.15, 0.2) is 0 Å². The van der Waals surface area contributed by atoms with Crippen LogP contribution >= 0.6 is 0 Å². The Morgan fingerprint density at radius 1 is 1.60 bits per heavy atom. The molecule has 0 aromatic rings. The quantitative estimate of drug-likeness (QED) is 0.346. The molecule has 1 aliphatic rings. The second kappa shape index (κ2) is 7.05. The SMILES string of the molecule is CN=CNOC(=O)NCC1CCNCC1. The molecular formula is C9H18N4O2. The summed E-state index contributed by atoms with van der Waals surface area (Å²) < 4.78 is 0. The molecule has 3 N–H and O–H groups in total. The number of carbonyl (C=O) groups excluding carboxylic acids is 1. The van der Waals surface area contributed by atoms with Gasteiger partial charge in [0, 0.05) is 13.6 Å². The van der Waals surface area contributed by atoms with Gasteiger partial charge in [-0.05, 0) is 31.8 Å². The van der Waals surface area contributed by atoms with Crippen molar-refractivity contribution in [2.45, 2.75) is 12.8 Å². The van der Waals surface area contributed by atoms with Gasteiger partial charge in [0.1, 0.15) is 6.34 Å². The molecule has 1 rings (SSSR count). The van der Waals surface area contributed by atoms with E-state index in [0.717, 1.165) is 25.9 Å². The van der Waals surface area contributed by atoms with Crippen LogP contribution in [0.2, 0.25) is 0 Å². The van der Waals surface area contributed by atoms with E-state index in [1.165, 1.54) is 6.34 Å². The van der Waals surface area contributed by atoms with Crippen LogP contribution in [0.5, 0.6) is 0 Å².